The quantitative estimate of drug-likeness (QED) is 0.836. The molecule has 0 saturated heterocycles. The first kappa shape index (κ1) is 14.6. The van der Waals surface area contributed by atoms with E-state index in [9.17, 15) is 13.5 Å². The van der Waals surface area contributed by atoms with Crippen LogP contribution in [0.1, 0.15) is 44.0 Å². The van der Waals surface area contributed by atoms with Crippen LogP contribution in [-0.4, -0.2) is 25.8 Å². The fourth-order valence-corrected chi connectivity index (χ4v) is 3.99. The highest BCUT2D eigenvalue weighted by Crippen LogP contribution is 2.24. The van der Waals surface area contributed by atoms with Gasteiger partial charge in [-0.05, 0) is 30.9 Å². The molecule has 1 heterocycles. The number of sulfonamides is 1. The van der Waals surface area contributed by atoms with Gasteiger partial charge in [0.15, 0.2) is 0 Å². The maximum Gasteiger partial charge on any atom is 0.211 e. The molecule has 0 unspecified atom stereocenters. The molecule has 1 aromatic rings. The van der Waals surface area contributed by atoms with E-state index in [1.807, 2.05) is 0 Å². The van der Waals surface area contributed by atoms with Gasteiger partial charge in [-0.15, -0.1) is 0 Å². The van der Waals surface area contributed by atoms with Gasteiger partial charge in [0.2, 0.25) is 10.0 Å². The number of rotatable bonds is 6. The van der Waals surface area contributed by atoms with Crippen molar-refractivity contribution in [1.29, 1.82) is 0 Å². The Bertz CT molecular complexity index is 463. The van der Waals surface area contributed by atoms with E-state index < -0.39 is 16.1 Å². The van der Waals surface area contributed by atoms with E-state index in [0.717, 1.165) is 25.7 Å². The molecule has 0 aliphatic heterocycles. The zero-order chi connectivity index (χ0) is 13.7. The number of aliphatic hydroxyl groups excluding tert-OH is 1. The molecular formula is C13H21NO4S. The molecule has 1 atom stereocenters. The number of hydrogen-bond acceptors (Lipinski definition) is 4. The van der Waals surface area contributed by atoms with Gasteiger partial charge in [-0.1, -0.05) is 19.3 Å². The highest BCUT2D eigenvalue weighted by molar-refractivity contribution is 7.89. The van der Waals surface area contributed by atoms with Crippen molar-refractivity contribution in [2.24, 2.45) is 5.92 Å². The van der Waals surface area contributed by atoms with E-state index in [2.05, 4.69) is 4.72 Å². The summed E-state index contributed by atoms with van der Waals surface area (Å²) < 4.78 is 31.3. The van der Waals surface area contributed by atoms with Crippen LogP contribution < -0.4 is 4.72 Å². The molecule has 1 aliphatic carbocycles. The van der Waals surface area contributed by atoms with Crippen molar-refractivity contribution in [2.75, 3.05) is 12.3 Å². The van der Waals surface area contributed by atoms with Crippen LogP contribution in [0, 0.1) is 5.92 Å². The molecule has 0 aromatic carbocycles. The van der Waals surface area contributed by atoms with Gasteiger partial charge in [-0.25, -0.2) is 13.1 Å². The Morgan fingerprint density at radius 3 is 2.74 bits per heavy atom. The molecule has 0 bridgehead atoms. The van der Waals surface area contributed by atoms with Crippen molar-refractivity contribution in [1.82, 2.24) is 4.72 Å². The maximum absolute atomic E-state index is 11.9. The van der Waals surface area contributed by atoms with Crippen molar-refractivity contribution in [3.63, 3.8) is 0 Å². The van der Waals surface area contributed by atoms with Gasteiger partial charge in [0, 0.05) is 6.54 Å². The van der Waals surface area contributed by atoms with E-state index in [0.29, 0.717) is 5.76 Å². The lowest BCUT2D eigenvalue weighted by Gasteiger charge is -2.21. The minimum absolute atomic E-state index is 0.0391. The Balaban J connectivity index is 1.80. The normalized spacial score (nSPS) is 19.4. The first-order valence-electron chi connectivity index (χ1n) is 6.75. The standard InChI is InChI=1S/C13H21NO4S/c15-12(13-7-4-8-18-13)9-14-19(16,17)10-11-5-2-1-3-6-11/h4,7-8,11-12,14-15H,1-3,5-6,9-10H2/t12-/m1/s1. The molecule has 1 fully saturated rings. The largest absolute Gasteiger partial charge is 0.467 e. The second kappa shape index (κ2) is 6.54. The Kier molecular flexibility index (Phi) is 5.01. The van der Waals surface area contributed by atoms with Crippen molar-refractivity contribution in [3.05, 3.63) is 24.2 Å². The van der Waals surface area contributed by atoms with E-state index in [1.165, 1.54) is 12.7 Å². The average molecular weight is 287 g/mol. The third kappa shape index (κ3) is 4.63. The van der Waals surface area contributed by atoms with Crippen molar-refractivity contribution in [2.45, 2.75) is 38.2 Å². The molecule has 5 nitrogen and oxygen atoms in total. The summed E-state index contributed by atoms with van der Waals surface area (Å²) in [6, 6.07) is 3.29. The third-order valence-corrected chi connectivity index (χ3v) is 5.06. The van der Waals surface area contributed by atoms with Crippen LogP contribution in [0.2, 0.25) is 0 Å². The lowest BCUT2D eigenvalue weighted by molar-refractivity contribution is 0.154. The fraction of sp³-hybridized carbons (Fsp3) is 0.692. The van der Waals surface area contributed by atoms with Crippen molar-refractivity contribution >= 4 is 10.0 Å². The van der Waals surface area contributed by atoms with Gasteiger partial charge < -0.3 is 9.52 Å². The number of nitrogens with one attached hydrogen (secondary N) is 1. The summed E-state index contributed by atoms with van der Waals surface area (Å²) in [5, 5.41) is 9.76. The van der Waals surface area contributed by atoms with Gasteiger partial charge in [-0.3, -0.25) is 0 Å². The second-order valence-electron chi connectivity index (χ2n) is 5.17. The van der Waals surface area contributed by atoms with E-state index in [4.69, 9.17) is 4.42 Å². The van der Waals surface area contributed by atoms with Gasteiger partial charge in [-0.2, -0.15) is 0 Å². The Morgan fingerprint density at radius 2 is 2.11 bits per heavy atom. The zero-order valence-electron chi connectivity index (χ0n) is 10.9. The molecule has 1 saturated carbocycles. The van der Waals surface area contributed by atoms with Gasteiger partial charge >= 0.3 is 0 Å². The van der Waals surface area contributed by atoms with Crippen LogP contribution in [0.5, 0.6) is 0 Å². The lowest BCUT2D eigenvalue weighted by Crippen LogP contribution is -2.33. The first-order valence-corrected chi connectivity index (χ1v) is 8.41. The monoisotopic (exact) mass is 287 g/mol. The number of hydrogen-bond donors (Lipinski definition) is 2. The van der Waals surface area contributed by atoms with E-state index >= 15 is 0 Å². The lowest BCUT2D eigenvalue weighted by atomic mass is 9.91. The zero-order valence-corrected chi connectivity index (χ0v) is 11.7. The number of furan rings is 1. The Hall–Kier alpha value is -0.850. The summed E-state index contributed by atoms with van der Waals surface area (Å²) >= 11 is 0. The molecule has 2 rings (SSSR count). The maximum atomic E-state index is 11.9. The molecule has 2 N–H and O–H groups in total. The topological polar surface area (TPSA) is 79.5 Å². The van der Waals surface area contributed by atoms with Crippen molar-refractivity contribution < 1.29 is 17.9 Å². The van der Waals surface area contributed by atoms with Crippen LogP contribution in [0.3, 0.4) is 0 Å². The molecular weight excluding hydrogens is 266 g/mol. The van der Waals surface area contributed by atoms with Gasteiger partial charge in [0.05, 0.1) is 12.0 Å². The van der Waals surface area contributed by atoms with Crippen LogP contribution in [0.25, 0.3) is 0 Å². The summed E-state index contributed by atoms with van der Waals surface area (Å²) in [4.78, 5) is 0. The molecule has 0 radical (unpaired) electrons. The molecule has 19 heavy (non-hydrogen) atoms. The fourth-order valence-electron chi connectivity index (χ4n) is 2.51. The molecule has 1 aromatic heterocycles. The predicted molar refractivity (Wildman–Crippen MR) is 72.0 cm³/mol. The summed E-state index contributed by atoms with van der Waals surface area (Å²) in [7, 11) is -3.32. The molecule has 6 heteroatoms. The minimum Gasteiger partial charge on any atom is -0.467 e. The third-order valence-electron chi connectivity index (χ3n) is 3.55. The minimum atomic E-state index is -3.32. The molecule has 108 valence electrons. The Labute approximate surface area is 114 Å². The molecule has 0 spiro atoms. The van der Waals surface area contributed by atoms with Gasteiger partial charge in [0.1, 0.15) is 11.9 Å². The smallest absolute Gasteiger partial charge is 0.211 e. The van der Waals surface area contributed by atoms with Crippen LogP contribution in [-0.2, 0) is 10.0 Å². The summed E-state index contributed by atoms with van der Waals surface area (Å²) in [6.07, 6.45) is 5.94. The summed E-state index contributed by atoms with van der Waals surface area (Å²) in [6.45, 7) is -0.0391. The van der Waals surface area contributed by atoms with E-state index in [1.54, 1.807) is 12.1 Å². The molecule has 1 aliphatic rings. The molecule has 0 amide bonds. The summed E-state index contributed by atoms with van der Waals surface area (Å²) in [5.41, 5.74) is 0. The Morgan fingerprint density at radius 1 is 1.37 bits per heavy atom. The number of aliphatic hydroxyl groups is 1. The van der Waals surface area contributed by atoms with Crippen LogP contribution in [0.4, 0.5) is 0 Å². The highest BCUT2D eigenvalue weighted by Gasteiger charge is 2.22. The first-order chi connectivity index (χ1) is 9.07. The highest BCUT2D eigenvalue weighted by atomic mass is 32.2. The van der Waals surface area contributed by atoms with Crippen LogP contribution in [0.15, 0.2) is 22.8 Å². The SMILES string of the molecule is O=S(=O)(CC1CCCCC1)NC[C@@H](O)c1ccco1. The predicted octanol–water partition coefficient (Wildman–Crippen LogP) is 1.81. The van der Waals surface area contributed by atoms with E-state index in [-0.39, 0.29) is 18.2 Å². The van der Waals surface area contributed by atoms with Gasteiger partial charge in [0.25, 0.3) is 0 Å². The average Bonchev–Trinajstić information content (AvgIpc) is 2.91. The second-order valence-corrected chi connectivity index (χ2v) is 7.02. The van der Waals surface area contributed by atoms with Crippen molar-refractivity contribution in [3.8, 4) is 0 Å². The van der Waals surface area contributed by atoms with Crippen LogP contribution >= 0.6 is 0 Å². The summed E-state index contributed by atoms with van der Waals surface area (Å²) in [5.74, 6) is 0.796.